The van der Waals surface area contributed by atoms with Crippen molar-refractivity contribution < 1.29 is 9.18 Å². The standard InChI is InChI=1S/C15H10FN3O/c16-12-6-4-11(5-7-12)15(20)13-9-19(10-18-13)14-3-1-2-8-17-14/h1-10H. The molecule has 5 heteroatoms. The SMILES string of the molecule is O=C(c1ccc(F)cc1)c1cn(-c2ccccn2)cn1. The zero-order valence-corrected chi connectivity index (χ0v) is 10.4. The third-order valence-electron chi connectivity index (χ3n) is 2.84. The van der Waals surface area contributed by atoms with Gasteiger partial charge < -0.3 is 0 Å². The molecule has 2 heterocycles. The molecule has 0 spiro atoms. The Morgan fingerprint density at radius 1 is 1.05 bits per heavy atom. The first-order chi connectivity index (χ1) is 9.74. The number of pyridine rings is 1. The molecule has 3 rings (SSSR count). The molecule has 0 atom stereocenters. The van der Waals surface area contributed by atoms with Crippen LogP contribution in [0.15, 0.2) is 61.2 Å². The van der Waals surface area contributed by atoms with Crippen molar-refractivity contribution in [3.63, 3.8) is 0 Å². The maximum atomic E-state index is 12.8. The summed E-state index contributed by atoms with van der Waals surface area (Å²) in [4.78, 5) is 20.4. The molecule has 0 bridgehead atoms. The van der Waals surface area contributed by atoms with Gasteiger partial charge in [0.2, 0.25) is 5.78 Å². The van der Waals surface area contributed by atoms with Crippen molar-refractivity contribution in [3.05, 3.63) is 78.3 Å². The van der Waals surface area contributed by atoms with Crippen LogP contribution in [0.5, 0.6) is 0 Å². The first kappa shape index (κ1) is 12.2. The van der Waals surface area contributed by atoms with E-state index in [4.69, 9.17) is 0 Å². The van der Waals surface area contributed by atoms with Crippen LogP contribution in [0.1, 0.15) is 16.1 Å². The van der Waals surface area contributed by atoms with Crippen molar-refractivity contribution in [1.29, 1.82) is 0 Å². The van der Waals surface area contributed by atoms with Crippen LogP contribution in [0.2, 0.25) is 0 Å². The van der Waals surface area contributed by atoms with Crippen LogP contribution in [0.3, 0.4) is 0 Å². The fourth-order valence-corrected chi connectivity index (χ4v) is 1.82. The highest BCUT2D eigenvalue weighted by Gasteiger charge is 2.12. The van der Waals surface area contributed by atoms with Crippen molar-refractivity contribution in [1.82, 2.24) is 14.5 Å². The molecule has 0 fully saturated rings. The Labute approximate surface area is 114 Å². The molecule has 4 nitrogen and oxygen atoms in total. The summed E-state index contributed by atoms with van der Waals surface area (Å²) in [6.45, 7) is 0. The molecule has 0 radical (unpaired) electrons. The largest absolute Gasteiger partial charge is 0.290 e. The van der Waals surface area contributed by atoms with Gasteiger partial charge in [0.15, 0.2) is 0 Å². The van der Waals surface area contributed by atoms with E-state index in [9.17, 15) is 9.18 Å². The number of nitrogens with zero attached hydrogens (tertiary/aromatic N) is 3. The van der Waals surface area contributed by atoms with Crippen LogP contribution >= 0.6 is 0 Å². The van der Waals surface area contributed by atoms with Crippen molar-refractivity contribution in [3.8, 4) is 5.82 Å². The summed E-state index contributed by atoms with van der Waals surface area (Å²) in [5.41, 5.74) is 0.694. The molecule has 0 unspecified atom stereocenters. The fourth-order valence-electron chi connectivity index (χ4n) is 1.82. The van der Waals surface area contributed by atoms with Gasteiger partial charge in [0.1, 0.15) is 23.7 Å². The quantitative estimate of drug-likeness (QED) is 0.685. The van der Waals surface area contributed by atoms with E-state index in [1.807, 2.05) is 18.2 Å². The molecule has 0 saturated heterocycles. The van der Waals surface area contributed by atoms with Gasteiger partial charge in [0, 0.05) is 18.0 Å². The number of ketones is 1. The Hall–Kier alpha value is -2.82. The van der Waals surface area contributed by atoms with Crippen LogP contribution in [0, 0.1) is 5.82 Å². The number of benzene rings is 1. The van der Waals surface area contributed by atoms with E-state index in [0.29, 0.717) is 17.1 Å². The lowest BCUT2D eigenvalue weighted by atomic mass is 10.1. The topological polar surface area (TPSA) is 47.8 Å². The molecule has 98 valence electrons. The van der Waals surface area contributed by atoms with Crippen LogP contribution in [0.25, 0.3) is 5.82 Å². The molecule has 0 aliphatic heterocycles. The average molecular weight is 267 g/mol. The van der Waals surface area contributed by atoms with Crippen molar-refractivity contribution in [2.75, 3.05) is 0 Å². The monoisotopic (exact) mass is 267 g/mol. The van der Waals surface area contributed by atoms with Gasteiger partial charge in [-0.25, -0.2) is 14.4 Å². The number of carbonyl (C=O) groups excluding carboxylic acids is 1. The highest BCUT2D eigenvalue weighted by molar-refractivity contribution is 6.07. The van der Waals surface area contributed by atoms with E-state index in [0.717, 1.165) is 0 Å². The van der Waals surface area contributed by atoms with Crippen LogP contribution in [-0.4, -0.2) is 20.3 Å². The van der Waals surface area contributed by atoms with Crippen molar-refractivity contribution in [2.45, 2.75) is 0 Å². The van der Waals surface area contributed by atoms with Gasteiger partial charge in [0.05, 0.1) is 0 Å². The summed E-state index contributed by atoms with van der Waals surface area (Å²) in [5, 5.41) is 0. The maximum Gasteiger partial charge on any atom is 0.212 e. The summed E-state index contributed by atoms with van der Waals surface area (Å²) >= 11 is 0. The summed E-state index contributed by atoms with van der Waals surface area (Å²) in [5.74, 6) is 0.0541. The van der Waals surface area contributed by atoms with E-state index in [-0.39, 0.29) is 11.6 Å². The molecule has 0 aliphatic rings. The molecule has 0 saturated carbocycles. The molecular weight excluding hydrogens is 257 g/mol. The number of rotatable bonds is 3. The number of hydrogen-bond donors (Lipinski definition) is 0. The molecule has 0 amide bonds. The fraction of sp³-hybridized carbons (Fsp3) is 0. The van der Waals surface area contributed by atoms with Gasteiger partial charge in [0.25, 0.3) is 0 Å². The normalized spacial score (nSPS) is 10.4. The smallest absolute Gasteiger partial charge is 0.212 e. The molecule has 0 aliphatic carbocycles. The second-order valence-electron chi connectivity index (χ2n) is 4.19. The molecule has 1 aromatic carbocycles. The molecular formula is C15H10FN3O. The van der Waals surface area contributed by atoms with Crippen molar-refractivity contribution >= 4 is 5.78 Å². The minimum Gasteiger partial charge on any atom is -0.290 e. The summed E-state index contributed by atoms with van der Waals surface area (Å²) in [6, 6.07) is 10.9. The van der Waals surface area contributed by atoms with Crippen LogP contribution < -0.4 is 0 Å². The van der Waals surface area contributed by atoms with Gasteiger partial charge in [-0.1, -0.05) is 6.07 Å². The Balaban J connectivity index is 1.90. The first-order valence-electron chi connectivity index (χ1n) is 6.00. The molecule has 3 aromatic rings. The Bertz CT molecular complexity index is 735. The number of carbonyl (C=O) groups is 1. The summed E-state index contributed by atoms with van der Waals surface area (Å²) < 4.78 is 14.5. The Morgan fingerprint density at radius 3 is 2.55 bits per heavy atom. The number of imidazole rings is 1. The zero-order chi connectivity index (χ0) is 13.9. The predicted molar refractivity (Wildman–Crippen MR) is 71.2 cm³/mol. The van der Waals surface area contributed by atoms with Gasteiger partial charge in [-0.15, -0.1) is 0 Å². The minimum atomic E-state index is -0.374. The number of hydrogen-bond acceptors (Lipinski definition) is 3. The molecule has 0 N–H and O–H groups in total. The van der Waals surface area contributed by atoms with E-state index in [1.165, 1.54) is 30.6 Å². The lowest BCUT2D eigenvalue weighted by Gasteiger charge is -1.99. The van der Waals surface area contributed by atoms with E-state index >= 15 is 0 Å². The highest BCUT2D eigenvalue weighted by atomic mass is 19.1. The zero-order valence-electron chi connectivity index (χ0n) is 10.4. The summed E-state index contributed by atoms with van der Waals surface area (Å²) in [6.07, 6.45) is 4.80. The summed E-state index contributed by atoms with van der Waals surface area (Å²) in [7, 11) is 0. The average Bonchev–Trinajstić information content (AvgIpc) is 2.98. The second-order valence-corrected chi connectivity index (χ2v) is 4.19. The van der Waals surface area contributed by atoms with Gasteiger partial charge in [-0.05, 0) is 36.4 Å². The van der Waals surface area contributed by atoms with Gasteiger partial charge >= 0.3 is 0 Å². The third-order valence-corrected chi connectivity index (χ3v) is 2.84. The molecule has 2 aromatic heterocycles. The number of aromatic nitrogens is 3. The first-order valence-corrected chi connectivity index (χ1v) is 6.00. The van der Waals surface area contributed by atoms with Crippen molar-refractivity contribution in [2.24, 2.45) is 0 Å². The second kappa shape index (κ2) is 5.05. The van der Waals surface area contributed by atoms with Gasteiger partial charge in [-0.2, -0.15) is 0 Å². The van der Waals surface area contributed by atoms with E-state index in [1.54, 1.807) is 17.0 Å². The lowest BCUT2D eigenvalue weighted by Crippen LogP contribution is -2.01. The lowest BCUT2D eigenvalue weighted by molar-refractivity contribution is 0.103. The number of halogens is 1. The van der Waals surface area contributed by atoms with E-state index < -0.39 is 0 Å². The van der Waals surface area contributed by atoms with E-state index in [2.05, 4.69) is 9.97 Å². The minimum absolute atomic E-state index is 0.250. The van der Waals surface area contributed by atoms with Crippen LogP contribution in [-0.2, 0) is 0 Å². The van der Waals surface area contributed by atoms with Gasteiger partial charge in [-0.3, -0.25) is 9.36 Å². The Kier molecular flexibility index (Phi) is 3.09. The predicted octanol–water partition coefficient (Wildman–Crippen LogP) is 2.64. The maximum absolute atomic E-state index is 12.8. The highest BCUT2D eigenvalue weighted by Crippen LogP contribution is 2.11. The van der Waals surface area contributed by atoms with Crippen LogP contribution in [0.4, 0.5) is 4.39 Å². The molecule has 20 heavy (non-hydrogen) atoms. The Morgan fingerprint density at radius 2 is 1.85 bits per heavy atom. The third kappa shape index (κ3) is 2.33.